The fourth-order valence-corrected chi connectivity index (χ4v) is 4.52. The Kier molecular flexibility index (Phi) is 10.6. The Balaban J connectivity index is 1.35. The third-order valence-corrected chi connectivity index (χ3v) is 7.09. The Labute approximate surface area is 258 Å². The Morgan fingerprint density at radius 2 is 1.50 bits per heavy atom. The molecule has 1 unspecified atom stereocenters. The Bertz CT molecular complexity index is 1620. The van der Waals surface area contributed by atoms with Crippen LogP contribution in [0.25, 0.3) is 0 Å². The number of ether oxygens (including phenoxy) is 2. The summed E-state index contributed by atoms with van der Waals surface area (Å²) in [5, 5.41) is 16.4. The van der Waals surface area contributed by atoms with Crippen molar-refractivity contribution in [1.82, 2.24) is 10.6 Å². The van der Waals surface area contributed by atoms with Crippen LogP contribution in [-0.4, -0.2) is 53.8 Å². The number of carboxylic acids is 1. The van der Waals surface area contributed by atoms with Gasteiger partial charge in [0.05, 0.1) is 13.0 Å². The summed E-state index contributed by atoms with van der Waals surface area (Å²) in [5.41, 5.74) is -1.38. The maximum Gasteiger partial charge on any atom is 0.305 e. The van der Waals surface area contributed by atoms with E-state index in [0.29, 0.717) is 23.6 Å². The summed E-state index contributed by atoms with van der Waals surface area (Å²) in [4.78, 5) is 62.9. The van der Waals surface area contributed by atoms with E-state index >= 15 is 0 Å². The van der Waals surface area contributed by atoms with E-state index < -0.39 is 89.5 Å². The van der Waals surface area contributed by atoms with Crippen molar-refractivity contribution in [2.75, 3.05) is 18.5 Å². The van der Waals surface area contributed by atoms with Crippen LogP contribution in [0.4, 0.5) is 23.2 Å². The van der Waals surface area contributed by atoms with Crippen LogP contribution in [0.2, 0.25) is 0 Å². The SMILES string of the molecule is O=C(O)CC(NC(=O)C1(C(=O)NCC(=O)Nc2cccc(Oc3ccccc3)c2)CCC1)C(=O)COc1c(F)c(F)cc(F)c1F. The molecule has 4 N–H and O–H groups in total. The number of Topliss-reactive ketones (excluding diaryl/α,β-unsaturated/α-hetero) is 1. The van der Waals surface area contributed by atoms with Crippen LogP contribution in [0.3, 0.4) is 0 Å². The van der Waals surface area contributed by atoms with Gasteiger partial charge in [0.15, 0.2) is 23.2 Å². The monoisotopic (exact) mass is 645 g/mol. The molecule has 3 amide bonds. The average molecular weight is 646 g/mol. The van der Waals surface area contributed by atoms with Crippen molar-refractivity contribution in [2.45, 2.75) is 31.7 Å². The number of carboxylic acid groups (broad SMARTS) is 1. The summed E-state index contributed by atoms with van der Waals surface area (Å²) in [6.07, 6.45) is -0.571. The molecule has 0 bridgehead atoms. The van der Waals surface area contributed by atoms with Crippen LogP contribution in [0.1, 0.15) is 25.7 Å². The van der Waals surface area contributed by atoms with Gasteiger partial charge in [0.25, 0.3) is 0 Å². The molecule has 0 radical (unpaired) electrons. The number of hydrogen-bond acceptors (Lipinski definition) is 7. The Morgan fingerprint density at radius 1 is 0.848 bits per heavy atom. The molecule has 1 fully saturated rings. The number of ketones is 1. The lowest BCUT2D eigenvalue weighted by Gasteiger charge is -2.39. The highest BCUT2D eigenvalue weighted by Gasteiger charge is 2.51. The lowest BCUT2D eigenvalue weighted by Crippen LogP contribution is -2.59. The van der Waals surface area contributed by atoms with Gasteiger partial charge in [0, 0.05) is 17.8 Å². The molecule has 4 rings (SSSR count). The van der Waals surface area contributed by atoms with E-state index in [9.17, 15) is 46.6 Å². The van der Waals surface area contributed by atoms with E-state index in [-0.39, 0.29) is 18.9 Å². The van der Waals surface area contributed by atoms with Gasteiger partial charge in [0.2, 0.25) is 29.4 Å². The smallest absolute Gasteiger partial charge is 0.305 e. The van der Waals surface area contributed by atoms with E-state index in [0.717, 1.165) is 0 Å². The molecule has 0 aliphatic heterocycles. The van der Waals surface area contributed by atoms with Gasteiger partial charge in [-0.25, -0.2) is 8.78 Å². The first-order valence-corrected chi connectivity index (χ1v) is 13.8. The third-order valence-electron chi connectivity index (χ3n) is 7.09. The first-order chi connectivity index (χ1) is 21.9. The van der Waals surface area contributed by atoms with E-state index in [1.54, 1.807) is 48.5 Å². The normalized spacial score (nSPS) is 13.8. The minimum atomic E-state index is -1.92. The zero-order valence-electron chi connectivity index (χ0n) is 23.9. The summed E-state index contributed by atoms with van der Waals surface area (Å²) in [5.74, 6) is -13.3. The van der Waals surface area contributed by atoms with Crippen molar-refractivity contribution < 1.29 is 56.1 Å². The molecular formula is C31H27F4N3O8. The second-order valence-corrected chi connectivity index (χ2v) is 10.3. The van der Waals surface area contributed by atoms with E-state index in [1.807, 2.05) is 6.07 Å². The zero-order chi connectivity index (χ0) is 33.4. The van der Waals surface area contributed by atoms with Gasteiger partial charge in [-0.1, -0.05) is 30.7 Å². The van der Waals surface area contributed by atoms with Crippen LogP contribution < -0.4 is 25.4 Å². The lowest BCUT2D eigenvalue weighted by molar-refractivity contribution is -0.151. The van der Waals surface area contributed by atoms with Crippen LogP contribution in [0.15, 0.2) is 60.7 Å². The van der Waals surface area contributed by atoms with Crippen molar-refractivity contribution in [3.05, 3.63) is 83.9 Å². The predicted molar refractivity (Wildman–Crippen MR) is 152 cm³/mol. The van der Waals surface area contributed by atoms with Crippen LogP contribution in [0, 0.1) is 28.7 Å². The second-order valence-electron chi connectivity index (χ2n) is 10.3. The number of halogens is 4. The van der Waals surface area contributed by atoms with Gasteiger partial charge in [-0.3, -0.25) is 24.0 Å². The highest BCUT2D eigenvalue weighted by atomic mass is 19.2. The summed E-state index contributed by atoms with van der Waals surface area (Å²) < 4.78 is 65.1. The number of nitrogens with one attached hydrogen (secondary N) is 3. The molecular weight excluding hydrogens is 618 g/mol. The quantitative estimate of drug-likeness (QED) is 0.117. The molecule has 0 saturated heterocycles. The minimum absolute atomic E-state index is 0.00856. The molecule has 15 heteroatoms. The molecule has 3 aromatic rings. The fraction of sp³-hybridized carbons (Fsp3) is 0.258. The molecule has 0 heterocycles. The number of anilines is 1. The number of rotatable bonds is 14. The van der Waals surface area contributed by atoms with Gasteiger partial charge >= 0.3 is 5.97 Å². The summed E-state index contributed by atoms with van der Waals surface area (Å²) in [7, 11) is 0. The third kappa shape index (κ3) is 7.97. The predicted octanol–water partition coefficient (Wildman–Crippen LogP) is 3.87. The number of benzene rings is 3. The molecule has 46 heavy (non-hydrogen) atoms. The van der Waals surface area contributed by atoms with Gasteiger partial charge in [-0.2, -0.15) is 8.78 Å². The van der Waals surface area contributed by atoms with Crippen LogP contribution in [-0.2, 0) is 24.0 Å². The standard InChI is InChI=1S/C31H27F4N3O8/c32-20-13-21(33)27(35)28(26(20)34)45-16-23(39)22(14-25(41)42)38-30(44)31(10-5-11-31)29(43)36-15-24(40)37-17-6-4-9-19(12-17)46-18-7-2-1-3-8-18/h1-4,6-9,12-13,22H,5,10-11,14-16H2,(H,36,43)(H,37,40)(H,38,44)(H,41,42). The number of carbonyl (C=O) groups excluding carboxylic acids is 4. The van der Waals surface area contributed by atoms with Crippen molar-refractivity contribution >= 4 is 35.2 Å². The maximum absolute atomic E-state index is 13.9. The van der Waals surface area contributed by atoms with Crippen molar-refractivity contribution in [1.29, 1.82) is 0 Å². The highest BCUT2D eigenvalue weighted by molar-refractivity contribution is 6.08. The number of aliphatic carboxylic acids is 1. The Hall–Kier alpha value is -5.47. The zero-order valence-corrected chi connectivity index (χ0v) is 23.9. The number of carbonyl (C=O) groups is 5. The van der Waals surface area contributed by atoms with Gasteiger partial charge in [-0.05, 0) is 37.1 Å². The first kappa shape index (κ1) is 33.4. The molecule has 242 valence electrons. The number of para-hydroxylation sites is 1. The number of hydrogen-bond donors (Lipinski definition) is 4. The van der Waals surface area contributed by atoms with Crippen molar-refractivity contribution in [3.8, 4) is 17.2 Å². The molecule has 0 aromatic heterocycles. The Morgan fingerprint density at radius 3 is 2.11 bits per heavy atom. The number of amides is 3. The first-order valence-electron chi connectivity index (χ1n) is 13.8. The molecule has 3 aromatic carbocycles. The minimum Gasteiger partial charge on any atom is -0.481 e. The molecule has 11 nitrogen and oxygen atoms in total. The lowest BCUT2D eigenvalue weighted by atomic mass is 9.67. The van der Waals surface area contributed by atoms with E-state index in [4.69, 9.17) is 4.74 Å². The largest absolute Gasteiger partial charge is 0.481 e. The van der Waals surface area contributed by atoms with Gasteiger partial charge in [-0.15, -0.1) is 0 Å². The second kappa shape index (κ2) is 14.5. The van der Waals surface area contributed by atoms with E-state index in [1.165, 1.54) is 0 Å². The highest BCUT2D eigenvalue weighted by Crippen LogP contribution is 2.41. The van der Waals surface area contributed by atoms with Gasteiger partial charge < -0.3 is 30.5 Å². The molecule has 1 aliphatic carbocycles. The molecule has 0 spiro atoms. The summed E-state index contributed by atoms with van der Waals surface area (Å²) in [6.45, 7) is -1.81. The topological polar surface area (TPSA) is 160 Å². The molecule has 1 aliphatic rings. The maximum atomic E-state index is 13.9. The molecule has 1 atom stereocenters. The van der Waals surface area contributed by atoms with E-state index in [2.05, 4.69) is 20.7 Å². The molecule has 1 saturated carbocycles. The van der Waals surface area contributed by atoms with Crippen LogP contribution >= 0.6 is 0 Å². The summed E-state index contributed by atoms with van der Waals surface area (Å²) in [6, 6.07) is 13.5. The van der Waals surface area contributed by atoms with Crippen molar-refractivity contribution in [3.63, 3.8) is 0 Å². The van der Waals surface area contributed by atoms with Crippen LogP contribution in [0.5, 0.6) is 17.2 Å². The van der Waals surface area contributed by atoms with Crippen molar-refractivity contribution in [2.24, 2.45) is 5.41 Å². The van der Waals surface area contributed by atoms with Gasteiger partial charge in [0.1, 0.15) is 29.6 Å². The summed E-state index contributed by atoms with van der Waals surface area (Å²) >= 11 is 0. The average Bonchev–Trinajstić information content (AvgIpc) is 2.98. The fourth-order valence-electron chi connectivity index (χ4n) is 4.52.